The zero-order valence-electron chi connectivity index (χ0n) is 12.2. The summed E-state index contributed by atoms with van der Waals surface area (Å²) >= 11 is 0. The molecular formula is C16H25NO2. The summed E-state index contributed by atoms with van der Waals surface area (Å²) in [5.74, 6) is 0.894. The highest BCUT2D eigenvalue weighted by Crippen LogP contribution is 2.31. The first-order valence-corrected chi connectivity index (χ1v) is 7.17. The molecule has 19 heavy (non-hydrogen) atoms. The molecule has 3 nitrogen and oxygen atoms in total. The first kappa shape index (κ1) is 14.4. The predicted molar refractivity (Wildman–Crippen MR) is 77.3 cm³/mol. The quantitative estimate of drug-likeness (QED) is 0.885. The van der Waals surface area contributed by atoms with E-state index in [1.165, 1.54) is 0 Å². The average Bonchev–Trinajstić information content (AvgIpc) is 2.75. The molecule has 1 aliphatic rings. The molecule has 0 radical (unpaired) electrons. The molecule has 2 atom stereocenters. The zero-order chi connectivity index (χ0) is 13.9. The maximum Gasteiger partial charge on any atom is 0.124 e. The highest BCUT2D eigenvalue weighted by atomic mass is 16.6. The van der Waals surface area contributed by atoms with Gasteiger partial charge in [0.25, 0.3) is 0 Å². The molecule has 3 heteroatoms. The van der Waals surface area contributed by atoms with Gasteiger partial charge in [-0.3, -0.25) is 0 Å². The molecule has 0 spiro atoms. The van der Waals surface area contributed by atoms with Crippen LogP contribution in [0, 0.1) is 0 Å². The van der Waals surface area contributed by atoms with E-state index in [2.05, 4.69) is 20.8 Å². The topological polar surface area (TPSA) is 44.5 Å². The Labute approximate surface area is 116 Å². The van der Waals surface area contributed by atoms with Gasteiger partial charge >= 0.3 is 0 Å². The van der Waals surface area contributed by atoms with E-state index in [0.29, 0.717) is 6.61 Å². The van der Waals surface area contributed by atoms with Crippen LogP contribution in [0.1, 0.15) is 51.6 Å². The van der Waals surface area contributed by atoms with Crippen molar-refractivity contribution in [3.05, 3.63) is 29.8 Å². The Balaban J connectivity index is 1.96. The van der Waals surface area contributed by atoms with Crippen molar-refractivity contribution in [2.75, 3.05) is 6.61 Å². The summed E-state index contributed by atoms with van der Waals surface area (Å²) < 4.78 is 11.9. The third-order valence-electron chi connectivity index (χ3n) is 3.74. The van der Waals surface area contributed by atoms with E-state index in [0.717, 1.165) is 30.6 Å². The second-order valence-electron chi connectivity index (χ2n) is 5.90. The van der Waals surface area contributed by atoms with Gasteiger partial charge in [-0.15, -0.1) is 0 Å². The maximum atomic E-state index is 6.11. The number of nitrogens with two attached hydrogens (primary N) is 1. The maximum absolute atomic E-state index is 6.11. The van der Waals surface area contributed by atoms with Gasteiger partial charge in [0.1, 0.15) is 12.4 Å². The minimum absolute atomic E-state index is 0.00658. The third-order valence-corrected chi connectivity index (χ3v) is 3.74. The molecule has 2 rings (SSSR count). The summed E-state index contributed by atoms with van der Waals surface area (Å²) in [6.45, 7) is 6.96. The molecule has 0 saturated carbocycles. The molecule has 1 saturated heterocycles. The van der Waals surface area contributed by atoms with Crippen LogP contribution in [0.2, 0.25) is 0 Å². The van der Waals surface area contributed by atoms with Crippen molar-refractivity contribution in [3.8, 4) is 5.75 Å². The van der Waals surface area contributed by atoms with E-state index in [-0.39, 0.29) is 17.7 Å². The predicted octanol–water partition coefficient (Wildman–Crippen LogP) is 3.43. The summed E-state index contributed by atoms with van der Waals surface area (Å²) in [6, 6.07) is 8.07. The van der Waals surface area contributed by atoms with Crippen molar-refractivity contribution in [1.29, 1.82) is 0 Å². The number of para-hydroxylation sites is 1. The summed E-state index contributed by atoms with van der Waals surface area (Å²) in [7, 11) is 0. The Kier molecular flexibility index (Phi) is 4.48. The van der Waals surface area contributed by atoms with Crippen molar-refractivity contribution in [3.63, 3.8) is 0 Å². The number of ether oxygens (including phenoxy) is 2. The second kappa shape index (κ2) is 5.93. The molecule has 1 aromatic carbocycles. The monoisotopic (exact) mass is 263 g/mol. The van der Waals surface area contributed by atoms with Crippen LogP contribution in [0.5, 0.6) is 5.75 Å². The van der Waals surface area contributed by atoms with Crippen LogP contribution < -0.4 is 10.5 Å². The molecule has 106 valence electrons. The molecule has 2 N–H and O–H groups in total. The lowest BCUT2D eigenvalue weighted by Gasteiger charge is -2.21. The molecular weight excluding hydrogens is 238 g/mol. The number of hydrogen-bond acceptors (Lipinski definition) is 3. The molecule has 1 fully saturated rings. The van der Waals surface area contributed by atoms with E-state index in [4.69, 9.17) is 15.2 Å². The van der Waals surface area contributed by atoms with E-state index >= 15 is 0 Å². The SMILES string of the molecule is CCC(N)c1ccccc1OCC1CCC(C)(C)O1. The van der Waals surface area contributed by atoms with Crippen molar-refractivity contribution >= 4 is 0 Å². The third kappa shape index (κ3) is 3.71. The standard InChI is InChI=1S/C16H25NO2/c1-4-14(17)13-7-5-6-8-15(13)18-11-12-9-10-16(2,3)19-12/h5-8,12,14H,4,9-11,17H2,1-3H3. The van der Waals surface area contributed by atoms with Gasteiger partial charge < -0.3 is 15.2 Å². The highest BCUT2D eigenvalue weighted by Gasteiger charge is 2.32. The minimum atomic E-state index is -0.00658. The Hall–Kier alpha value is -1.06. The summed E-state index contributed by atoms with van der Waals surface area (Å²) in [5.41, 5.74) is 7.19. The van der Waals surface area contributed by atoms with E-state index in [1.54, 1.807) is 0 Å². The Bertz CT molecular complexity index is 417. The first-order chi connectivity index (χ1) is 9.02. The van der Waals surface area contributed by atoms with Gasteiger partial charge in [0.15, 0.2) is 0 Å². The fraction of sp³-hybridized carbons (Fsp3) is 0.625. The number of hydrogen-bond donors (Lipinski definition) is 1. The van der Waals surface area contributed by atoms with Crippen LogP contribution in [0.3, 0.4) is 0 Å². The van der Waals surface area contributed by atoms with Gasteiger partial charge in [0.05, 0.1) is 11.7 Å². The van der Waals surface area contributed by atoms with Crippen LogP contribution in [0.25, 0.3) is 0 Å². The van der Waals surface area contributed by atoms with Crippen LogP contribution in [0.4, 0.5) is 0 Å². The molecule has 0 aromatic heterocycles. The van der Waals surface area contributed by atoms with E-state index < -0.39 is 0 Å². The van der Waals surface area contributed by atoms with Crippen LogP contribution in [-0.4, -0.2) is 18.3 Å². The van der Waals surface area contributed by atoms with Gasteiger partial charge in [0, 0.05) is 11.6 Å². The summed E-state index contributed by atoms with van der Waals surface area (Å²) in [5, 5.41) is 0. The van der Waals surface area contributed by atoms with Gasteiger partial charge in [-0.25, -0.2) is 0 Å². The van der Waals surface area contributed by atoms with Gasteiger partial charge in [0.2, 0.25) is 0 Å². The molecule has 1 aliphatic heterocycles. The first-order valence-electron chi connectivity index (χ1n) is 7.17. The molecule has 0 bridgehead atoms. The Morgan fingerprint density at radius 1 is 1.42 bits per heavy atom. The van der Waals surface area contributed by atoms with Crippen molar-refractivity contribution in [2.45, 2.75) is 57.8 Å². The number of rotatable bonds is 5. The van der Waals surface area contributed by atoms with Gasteiger partial charge in [-0.05, 0) is 39.2 Å². The average molecular weight is 263 g/mol. The van der Waals surface area contributed by atoms with Crippen LogP contribution >= 0.6 is 0 Å². The van der Waals surface area contributed by atoms with Crippen molar-refractivity contribution in [1.82, 2.24) is 0 Å². The normalized spacial score (nSPS) is 23.3. The Morgan fingerprint density at radius 3 is 2.79 bits per heavy atom. The fourth-order valence-corrected chi connectivity index (χ4v) is 2.52. The Morgan fingerprint density at radius 2 is 2.16 bits per heavy atom. The molecule has 1 aromatic rings. The molecule has 1 heterocycles. The summed E-state index contributed by atoms with van der Waals surface area (Å²) in [6.07, 6.45) is 3.26. The largest absolute Gasteiger partial charge is 0.491 e. The smallest absolute Gasteiger partial charge is 0.124 e. The lowest BCUT2D eigenvalue weighted by atomic mass is 10.0. The lowest BCUT2D eigenvalue weighted by Crippen LogP contribution is -2.24. The number of benzene rings is 1. The van der Waals surface area contributed by atoms with Gasteiger partial charge in [-0.1, -0.05) is 25.1 Å². The van der Waals surface area contributed by atoms with E-state index in [1.807, 2.05) is 24.3 Å². The summed E-state index contributed by atoms with van der Waals surface area (Å²) in [4.78, 5) is 0. The molecule has 2 unspecified atom stereocenters. The minimum Gasteiger partial charge on any atom is -0.491 e. The lowest BCUT2D eigenvalue weighted by molar-refractivity contribution is -0.0328. The zero-order valence-corrected chi connectivity index (χ0v) is 12.2. The molecule has 0 aliphatic carbocycles. The fourth-order valence-electron chi connectivity index (χ4n) is 2.52. The highest BCUT2D eigenvalue weighted by molar-refractivity contribution is 5.35. The van der Waals surface area contributed by atoms with Gasteiger partial charge in [-0.2, -0.15) is 0 Å². The van der Waals surface area contributed by atoms with Crippen LogP contribution in [0.15, 0.2) is 24.3 Å². The van der Waals surface area contributed by atoms with Crippen LogP contribution in [-0.2, 0) is 4.74 Å². The molecule has 0 amide bonds. The van der Waals surface area contributed by atoms with Crippen molar-refractivity contribution in [2.24, 2.45) is 5.73 Å². The van der Waals surface area contributed by atoms with E-state index in [9.17, 15) is 0 Å². The second-order valence-corrected chi connectivity index (χ2v) is 5.90. The van der Waals surface area contributed by atoms with Crippen molar-refractivity contribution < 1.29 is 9.47 Å².